The summed E-state index contributed by atoms with van der Waals surface area (Å²) in [5.41, 5.74) is 1.25. The van der Waals surface area contributed by atoms with Crippen LogP contribution in [-0.2, 0) is 6.42 Å². The van der Waals surface area contributed by atoms with Crippen molar-refractivity contribution in [3.63, 3.8) is 0 Å². The van der Waals surface area contributed by atoms with Crippen LogP contribution in [0.1, 0.15) is 103 Å². The molecule has 0 aromatic carbocycles. The monoisotopic (exact) mass is 357 g/mol. The van der Waals surface area contributed by atoms with Gasteiger partial charge in [0.25, 0.3) is 0 Å². The highest BCUT2D eigenvalue weighted by atomic mass is 35.5. The molecule has 1 aromatic heterocycles. The Morgan fingerprint density at radius 1 is 0.667 bits per heavy atom. The summed E-state index contributed by atoms with van der Waals surface area (Å²) in [6, 6.07) is 6.23. The van der Waals surface area contributed by atoms with E-state index in [0.717, 1.165) is 6.42 Å². The van der Waals surface area contributed by atoms with Gasteiger partial charge in [0, 0.05) is 11.9 Å². The maximum absolute atomic E-state index is 4.38. The van der Waals surface area contributed by atoms with E-state index in [1.54, 1.807) is 0 Å². The normalized spacial score (nSPS) is 10.0. The van der Waals surface area contributed by atoms with Gasteiger partial charge in [-0.05, 0) is 25.0 Å². The van der Waals surface area contributed by atoms with Crippen molar-refractivity contribution < 1.29 is 5.48 Å². The number of unbranched alkanes of at least 4 members (excludes halogenated alkanes) is 13. The van der Waals surface area contributed by atoms with Crippen LogP contribution in [0, 0.1) is 0 Å². The highest BCUT2D eigenvalue weighted by Gasteiger charge is 1.95. The second-order valence-electron chi connectivity index (χ2n) is 6.67. The summed E-state index contributed by atoms with van der Waals surface area (Å²) in [4.78, 5) is 4.38. The Morgan fingerprint density at radius 3 is 1.54 bits per heavy atom. The predicted octanol–water partition coefficient (Wildman–Crippen LogP) is 6.70. The van der Waals surface area contributed by atoms with Gasteiger partial charge in [-0.25, -0.2) is 0 Å². The maximum Gasteiger partial charge on any atom is 0.0403 e. The summed E-state index contributed by atoms with van der Waals surface area (Å²) in [6.07, 6.45) is 23.0. The minimum absolute atomic E-state index is 0. The van der Waals surface area contributed by atoms with E-state index in [4.69, 9.17) is 0 Å². The highest BCUT2D eigenvalue weighted by molar-refractivity contribution is 5.85. The van der Waals surface area contributed by atoms with Gasteiger partial charge in [0.1, 0.15) is 0 Å². The first-order valence-electron chi connectivity index (χ1n) is 9.83. The Labute approximate surface area is 156 Å². The lowest BCUT2D eigenvalue weighted by Crippen LogP contribution is -1.89. The summed E-state index contributed by atoms with van der Waals surface area (Å²) in [5.74, 6) is 0. The van der Waals surface area contributed by atoms with Crippen LogP contribution < -0.4 is 0 Å². The summed E-state index contributed by atoms with van der Waals surface area (Å²) in [6.45, 7) is 2.29. The summed E-state index contributed by atoms with van der Waals surface area (Å²) in [7, 11) is 0. The first kappa shape index (κ1) is 25.6. The van der Waals surface area contributed by atoms with E-state index in [1.807, 2.05) is 12.3 Å². The number of aromatic nitrogens is 1. The Morgan fingerprint density at radius 2 is 1.12 bits per heavy atom. The molecule has 142 valence electrons. The Kier molecular flexibility index (Phi) is 21.8. The van der Waals surface area contributed by atoms with E-state index in [-0.39, 0.29) is 17.9 Å². The van der Waals surface area contributed by atoms with Crippen LogP contribution in [0.5, 0.6) is 0 Å². The Balaban J connectivity index is 0. The van der Waals surface area contributed by atoms with Crippen molar-refractivity contribution in [1.82, 2.24) is 4.98 Å². The standard InChI is InChI=1S/C21H37N.ClH.H2O/c1-2-3-4-5-6-7-8-9-10-11-12-13-14-15-18-21-19-16-17-20-22-21;;/h16-17,19-20H,2-15,18H2,1H3;1H;1H2. The number of hydrogen-bond donors (Lipinski definition) is 0. The molecule has 0 spiro atoms. The van der Waals surface area contributed by atoms with Crippen LogP contribution in [0.4, 0.5) is 0 Å². The van der Waals surface area contributed by atoms with E-state index < -0.39 is 0 Å². The van der Waals surface area contributed by atoms with E-state index >= 15 is 0 Å². The fourth-order valence-corrected chi connectivity index (χ4v) is 3.05. The topological polar surface area (TPSA) is 44.4 Å². The molecule has 3 heteroatoms. The molecule has 0 unspecified atom stereocenters. The van der Waals surface area contributed by atoms with Gasteiger partial charge in [0.05, 0.1) is 0 Å². The first-order chi connectivity index (χ1) is 10.9. The molecular formula is C21H40ClNO. The molecule has 1 rings (SSSR count). The maximum atomic E-state index is 4.38. The third-order valence-corrected chi connectivity index (χ3v) is 4.51. The van der Waals surface area contributed by atoms with Crippen molar-refractivity contribution in [2.45, 2.75) is 103 Å². The van der Waals surface area contributed by atoms with Gasteiger partial charge >= 0.3 is 0 Å². The smallest absolute Gasteiger partial charge is 0.0403 e. The van der Waals surface area contributed by atoms with Crippen molar-refractivity contribution in [3.05, 3.63) is 30.1 Å². The zero-order valence-corrected chi connectivity index (χ0v) is 16.6. The molecule has 0 aliphatic heterocycles. The average Bonchev–Trinajstić information content (AvgIpc) is 2.56. The summed E-state index contributed by atoms with van der Waals surface area (Å²) < 4.78 is 0. The Hall–Kier alpha value is -0.600. The molecule has 1 heterocycles. The lowest BCUT2D eigenvalue weighted by Gasteiger charge is -2.03. The van der Waals surface area contributed by atoms with Crippen molar-refractivity contribution in [2.24, 2.45) is 0 Å². The lowest BCUT2D eigenvalue weighted by atomic mass is 10.0. The summed E-state index contributed by atoms with van der Waals surface area (Å²) in [5, 5.41) is 0. The largest absolute Gasteiger partial charge is 0.412 e. The number of rotatable bonds is 15. The van der Waals surface area contributed by atoms with Crippen molar-refractivity contribution in [1.29, 1.82) is 0 Å². The van der Waals surface area contributed by atoms with Crippen molar-refractivity contribution in [3.8, 4) is 0 Å². The van der Waals surface area contributed by atoms with E-state index in [0.29, 0.717) is 0 Å². The number of nitrogens with zero attached hydrogens (tertiary/aromatic N) is 1. The van der Waals surface area contributed by atoms with Crippen LogP contribution >= 0.6 is 12.4 Å². The van der Waals surface area contributed by atoms with Gasteiger partial charge in [0.2, 0.25) is 0 Å². The molecule has 0 saturated carbocycles. The minimum atomic E-state index is 0. The molecule has 1 aromatic rings. The highest BCUT2D eigenvalue weighted by Crippen LogP contribution is 2.13. The predicted molar refractivity (Wildman–Crippen MR) is 109 cm³/mol. The van der Waals surface area contributed by atoms with Gasteiger partial charge in [-0.3, -0.25) is 4.98 Å². The molecule has 24 heavy (non-hydrogen) atoms. The fraction of sp³-hybridized carbons (Fsp3) is 0.762. The zero-order valence-electron chi connectivity index (χ0n) is 15.8. The molecule has 0 fully saturated rings. The molecule has 0 aliphatic carbocycles. The van der Waals surface area contributed by atoms with E-state index in [2.05, 4.69) is 24.0 Å². The van der Waals surface area contributed by atoms with Crippen LogP contribution in [0.15, 0.2) is 24.4 Å². The second kappa shape index (κ2) is 20.4. The molecule has 0 radical (unpaired) electrons. The van der Waals surface area contributed by atoms with E-state index in [1.165, 1.54) is 95.6 Å². The molecular weight excluding hydrogens is 318 g/mol. The van der Waals surface area contributed by atoms with Gasteiger partial charge in [-0.1, -0.05) is 96.5 Å². The minimum Gasteiger partial charge on any atom is -0.412 e. The molecule has 0 aliphatic rings. The number of halogens is 1. The SMILES string of the molecule is CCCCCCCCCCCCCCCCc1ccccn1.Cl.O. The molecule has 2 nitrogen and oxygen atoms in total. The quantitative estimate of drug-likeness (QED) is 0.322. The van der Waals surface area contributed by atoms with Crippen molar-refractivity contribution >= 4 is 12.4 Å². The molecule has 0 atom stereocenters. The first-order valence-corrected chi connectivity index (χ1v) is 9.83. The van der Waals surface area contributed by atoms with Gasteiger partial charge in [-0.2, -0.15) is 0 Å². The van der Waals surface area contributed by atoms with Crippen LogP contribution in [0.3, 0.4) is 0 Å². The number of aryl methyl sites for hydroxylation is 1. The lowest BCUT2D eigenvalue weighted by molar-refractivity contribution is 0.535. The van der Waals surface area contributed by atoms with Gasteiger partial charge in [-0.15, -0.1) is 12.4 Å². The van der Waals surface area contributed by atoms with Crippen LogP contribution in [0.2, 0.25) is 0 Å². The third-order valence-electron chi connectivity index (χ3n) is 4.51. The number of hydrogen-bond acceptors (Lipinski definition) is 1. The number of pyridine rings is 1. The zero-order chi connectivity index (χ0) is 15.7. The molecule has 2 N–H and O–H groups in total. The molecule has 0 saturated heterocycles. The van der Waals surface area contributed by atoms with Crippen molar-refractivity contribution in [2.75, 3.05) is 0 Å². The van der Waals surface area contributed by atoms with Crippen LogP contribution in [0.25, 0.3) is 0 Å². The van der Waals surface area contributed by atoms with E-state index in [9.17, 15) is 0 Å². The fourth-order valence-electron chi connectivity index (χ4n) is 3.05. The molecule has 0 amide bonds. The second-order valence-corrected chi connectivity index (χ2v) is 6.67. The Bertz CT molecular complexity index is 332. The molecule has 0 bridgehead atoms. The third kappa shape index (κ3) is 16.3. The summed E-state index contributed by atoms with van der Waals surface area (Å²) >= 11 is 0. The average molecular weight is 358 g/mol. The van der Waals surface area contributed by atoms with Gasteiger partial charge < -0.3 is 5.48 Å². The van der Waals surface area contributed by atoms with Crippen LogP contribution in [-0.4, -0.2) is 10.5 Å². The van der Waals surface area contributed by atoms with Gasteiger partial charge in [0.15, 0.2) is 0 Å².